The second-order valence-corrected chi connectivity index (χ2v) is 10.4. The average molecular weight is 696 g/mol. The minimum Gasteiger partial charge on any atom is -0.502 e. The van der Waals surface area contributed by atoms with Crippen LogP contribution >= 0.6 is 46.4 Å². The van der Waals surface area contributed by atoms with Crippen LogP contribution in [0.4, 0.5) is 16.6 Å². The molecular formula is C30H22Cl4N2O9. The number of ether oxygens (including phenoxy) is 1. The highest BCUT2D eigenvalue weighted by molar-refractivity contribution is 6.44. The predicted molar refractivity (Wildman–Crippen MR) is 170 cm³/mol. The monoisotopic (exact) mass is 694 g/mol. The number of hydrogen-bond donors (Lipinski definition) is 6. The second-order valence-electron chi connectivity index (χ2n) is 8.78. The molecular weight excluding hydrogens is 674 g/mol. The number of rotatable bonds is 6. The Morgan fingerprint density at radius 1 is 0.667 bits per heavy atom. The third kappa shape index (κ3) is 7.35. The third-order valence-corrected chi connectivity index (χ3v) is 7.50. The van der Waals surface area contributed by atoms with Crippen LogP contribution < -0.4 is 10.6 Å². The normalized spacial score (nSPS) is 10.5. The van der Waals surface area contributed by atoms with Crippen molar-refractivity contribution in [2.75, 3.05) is 17.2 Å². The molecule has 0 aliphatic heterocycles. The highest BCUT2D eigenvalue weighted by atomic mass is 35.5. The lowest BCUT2D eigenvalue weighted by molar-refractivity contribution is 0.102. The number of furan rings is 2. The molecule has 2 heterocycles. The van der Waals surface area contributed by atoms with Gasteiger partial charge in [-0.05, 0) is 43.3 Å². The molecule has 234 valence electrons. The molecule has 0 aliphatic rings. The molecule has 0 unspecified atom stereocenters. The van der Waals surface area contributed by atoms with Gasteiger partial charge in [0.25, 0.3) is 5.91 Å². The van der Waals surface area contributed by atoms with E-state index in [0.717, 1.165) is 0 Å². The zero-order chi connectivity index (χ0) is 32.8. The topological polar surface area (TPSA) is 175 Å². The van der Waals surface area contributed by atoms with Gasteiger partial charge in [-0.2, -0.15) is 0 Å². The molecule has 0 saturated heterocycles. The Bertz CT molecular complexity index is 1860. The first-order valence-corrected chi connectivity index (χ1v) is 14.2. The van der Waals surface area contributed by atoms with E-state index in [0.29, 0.717) is 5.56 Å². The van der Waals surface area contributed by atoms with Crippen LogP contribution in [0, 0.1) is 0 Å². The molecule has 0 atom stereocenters. The number of carbonyl (C=O) groups is 2. The minimum atomic E-state index is -0.828. The molecule has 2 amide bonds. The number of hydrogen-bond acceptors (Lipinski definition) is 9. The largest absolute Gasteiger partial charge is 0.502 e. The minimum absolute atomic E-state index is 0.0941. The summed E-state index contributed by atoms with van der Waals surface area (Å²) in [5.41, 5.74) is 0.932. The zero-order valence-electron chi connectivity index (χ0n) is 22.9. The third-order valence-electron chi connectivity index (χ3n) is 5.86. The quantitative estimate of drug-likeness (QED) is 0.101. The number of anilines is 2. The molecule has 45 heavy (non-hydrogen) atoms. The molecule has 5 rings (SSSR count). The van der Waals surface area contributed by atoms with Crippen LogP contribution in [0.3, 0.4) is 0 Å². The van der Waals surface area contributed by atoms with Gasteiger partial charge in [-0.1, -0.05) is 76.7 Å². The lowest BCUT2D eigenvalue weighted by atomic mass is 10.1. The van der Waals surface area contributed by atoms with Gasteiger partial charge in [0.05, 0.1) is 26.7 Å². The molecule has 3 aromatic carbocycles. The van der Waals surface area contributed by atoms with E-state index in [9.17, 15) is 30.0 Å². The summed E-state index contributed by atoms with van der Waals surface area (Å²) in [6, 6.07) is 17.8. The van der Waals surface area contributed by atoms with Gasteiger partial charge in [0.15, 0.2) is 11.5 Å². The summed E-state index contributed by atoms with van der Waals surface area (Å²) >= 11 is 23.9. The van der Waals surface area contributed by atoms with Crippen LogP contribution in [0.2, 0.25) is 20.1 Å². The Hall–Kier alpha value is -4.68. The van der Waals surface area contributed by atoms with Crippen molar-refractivity contribution in [3.05, 3.63) is 92.4 Å². The van der Waals surface area contributed by atoms with Gasteiger partial charge in [0.1, 0.15) is 0 Å². The highest BCUT2D eigenvalue weighted by Gasteiger charge is 2.26. The Labute approximate surface area is 275 Å². The van der Waals surface area contributed by atoms with Gasteiger partial charge in [0, 0.05) is 16.7 Å². The van der Waals surface area contributed by atoms with Crippen molar-refractivity contribution in [3.63, 3.8) is 0 Å². The molecule has 6 N–H and O–H groups in total. The van der Waals surface area contributed by atoms with Crippen molar-refractivity contribution in [1.82, 2.24) is 0 Å². The van der Waals surface area contributed by atoms with Crippen molar-refractivity contribution in [2.45, 2.75) is 6.92 Å². The summed E-state index contributed by atoms with van der Waals surface area (Å²) in [5.74, 6) is -3.67. The van der Waals surface area contributed by atoms with Crippen LogP contribution in [0.25, 0.3) is 22.6 Å². The Morgan fingerprint density at radius 3 is 1.60 bits per heavy atom. The molecule has 0 aliphatic carbocycles. The number of halogens is 4. The van der Waals surface area contributed by atoms with E-state index in [1.807, 2.05) is 0 Å². The van der Waals surface area contributed by atoms with Crippen molar-refractivity contribution >= 4 is 70.2 Å². The van der Waals surface area contributed by atoms with E-state index in [-0.39, 0.29) is 61.1 Å². The van der Waals surface area contributed by atoms with Crippen LogP contribution in [-0.2, 0) is 4.74 Å². The average Bonchev–Trinajstić information content (AvgIpc) is 3.46. The number of aromatic hydroxyl groups is 4. The van der Waals surface area contributed by atoms with Crippen LogP contribution in [0.1, 0.15) is 17.3 Å². The lowest BCUT2D eigenvalue weighted by Gasteiger charge is -2.03. The molecule has 0 saturated carbocycles. The first kappa shape index (κ1) is 33.2. The number of amides is 2. The number of carbonyl (C=O) groups excluding carboxylic acids is 2. The van der Waals surface area contributed by atoms with Gasteiger partial charge >= 0.3 is 6.09 Å². The second kappa shape index (κ2) is 14.4. The molecule has 0 fully saturated rings. The lowest BCUT2D eigenvalue weighted by Crippen LogP contribution is -2.12. The summed E-state index contributed by atoms with van der Waals surface area (Å²) in [4.78, 5) is 23.4. The Kier molecular flexibility index (Phi) is 10.6. The molecule has 0 spiro atoms. The Morgan fingerprint density at radius 2 is 1.13 bits per heavy atom. The fourth-order valence-corrected chi connectivity index (χ4v) is 4.52. The fourth-order valence-electron chi connectivity index (χ4n) is 3.75. The van der Waals surface area contributed by atoms with Crippen molar-refractivity contribution in [2.24, 2.45) is 0 Å². The van der Waals surface area contributed by atoms with E-state index in [4.69, 9.17) is 55.2 Å². The van der Waals surface area contributed by atoms with Gasteiger partial charge in [-0.25, -0.2) is 4.79 Å². The maximum atomic E-state index is 12.1. The first-order valence-electron chi connectivity index (χ1n) is 12.7. The summed E-state index contributed by atoms with van der Waals surface area (Å²) in [5, 5.41) is 45.1. The van der Waals surface area contributed by atoms with Crippen molar-refractivity contribution in [3.8, 4) is 45.6 Å². The van der Waals surface area contributed by atoms with Gasteiger partial charge in [-0.15, -0.1) is 0 Å². The first-order chi connectivity index (χ1) is 21.4. The molecule has 15 heteroatoms. The van der Waals surface area contributed by atoms with E-state index in [1.165, 1.54) is 0 Å². The van der Waals surface area contributed by atoms with E-state index in [1.54, 1.807) is 73.7 Å². The Balaban J connectivity index is 0.000000207. The molecule has 0 radical (unpaired) electrons. The number of benzene rings is 3. The maximum Gasteiger partial charge on any atom is 0.414 e. The fraction of sp³-hybridized carbons (Fsp3) is 0.0667. The van der Waals surface area contributed by atoms with E-state index >= 15 is 0 Å². The maximum absolute atomic E-state index is 12.1. The van der Waals surface area contributed by atoms with Crippen molar-refractivity contribution < 1.29 is 43.6 Å². The zero-order valence-corrected chi connectivity index (χ0v) is 25.9. The predicted octanol–water partition coefficient (Wildman–Crippen LogP) is 9.15. The highest BCUT2D eigenvalue weighted by Crippen LogP contribution is 2.49. The molecule has 0 bridgehead atoms. The molecule has 5 aromatic rings. The van der Waals surface area contributed by atoms with Crippen molar-refractivity contribution in [1.29, 1.82) is 0 Å². The SMILES string of the molecule is CCOC(=O)Nc1oc(-c2cccc(Cl)c2Cl)c(O)c1O.O=C(Nc1oc(-c2cccc(Cl)c2Cl)c(O)c1O)c1ccccc1. The summed E-state index contributed by atoms with van der Waals surface area (Å²) in [6.07, 6.45) is -0.828. The van der Waals surface area contributed by atoms with E-state index in [2.05, 4.69) is 15.4 Å². The van der Waals surface area contributed by atoms with E-state index < -0.39 is 35.0 Å². The smallest absolute Gasteiger partial charge is 0.414 e. The standard InChI is InChI=1S/C17H11Cl2NO4.C13H11Cl2NO5/c18-11-8-4-7-10(12(11)19)15-13(21)14(22)17(24-15)20-16(23)9-5-2-1-3-6-9;1-2-20-13(19)16-12-10(18)9(17)11(21-12)6-4-3-5-7(14)8(6)15/h1-8,21-22H,(H,20,23);3-5,17-18H,2H2,1H3,(H,16,19). The van der Waals surface area contributed by atoms with Crippen LogP contribution in [0.5, 0.6) is 23.0 Å². The summed E-state index contributed by atoms with van der Waals surface area (Å²) < 4.78 is 15.3. The van der Waals surface area contributed by atoms with Gasteiger partial charge in [0.2, 0.25) is 34.8 Å². The molecule has 2 aromatic heterocycles. The van der Waals surface area contributed by atoms with Crippen LogP contribution in [-0.4, -0.2) is 39.0 Å². The molecule has 11 nitrogen and oxygen atoms in total. The summed E-state index contributed by atoms with van der Waals surface area (Å²) in [6.45, 7) is 1.77. The summed E-state index contributed by atoms with van der Waals surface area (Å²) in [7, 11) is 0. The number of nitrogens with one attached hydrogen (secondary N) is 2. The van der Waals surface area contributed by atoms with Gasteiger partial charge in [-0.3, -0.25) is 15.4 Å². The van der Waals surface area contributed by atoms with Gasteiger partial charge < -0.3 is 34.0 Å². The van der Waals surface area contributed by atoms with Crippen LogP contribution in [0.15, 0.2) is 75.6 Å².